The first-order chi connectivity index (χ1) is 9.69. The van der Waals surface area contributed by atoms with Gasteiger partial charge in [0, 0.05) is 6.54 Å². The maximum Gasteiger partial charge on any atom is 0.276 e. The van der Waals surface area contributed by atoms with Crippen molar-refractivity contribution in [2.24, 2.45) is 5.41 Å². The molecule has 0 atom stereocenters. The van der Waals surface area contributed by atoms with Gasteiger partial charge < -0.3 is 10.4 Å². The molecule has 1 saturated carbocycles. The van der Waals surface area contributed by atoms with E-state index in [9.17, 15) is 15.2 Å². The zero-order valence-electron chi connectivity index (χ0n) is 12.2. The van der Waals surface area contributed by atoms with Gasteiger partial charge in [-0.05, 0) is 31.1 Å². The molecular weight excluding hydrogens is 294 g/mol. The zero-order chi connectivity index (χ0) is 15.7. The second kappa shape index (κ2) is 5.77. The van der Waals surface area contributed by atoms with Crippen LogP contribution in [-0.4, -0.2) is 27.2 Å². The number of pyridine rings is 1. The molecule has 1 fully saturated rings. The van der Waals surface area contributed by atoms with Crippen molar-refractivity contribution in [3.05, 3.63) is 27.4 Å². The molecule has 1 heterocycles. The second-order valence-corrected chi connectivity index (χ2v) is 6.92. The summed E-state index contributed by atoms with van der Waals surface area (Å²) >= 11 is 5.77. The fourth-order valence-corrected chi connectivity index (χ4v) is 2.71. The fraction of sp³-hybridized carbons (Fsp3) is 0.643. The SMILES string of the molecule is CC1(C)CCC(O)(CNc2cc([N+](=O)[O-])cc(Cl)n2)CC1. The van der Waals surface area contributed by atoms with E-state index >= 15 is 0 Å². The first-order valence-electron chi connectivity index (χ1n) is 6.97. The van der Waals surface area contributed by atoms with Crippen molar-refractivity contribution in [1.29, 1.82) is 0 Å². The standard InChI is InChI=1S/C14H20ClN3O3/c1-13(2)3-5-14(19,6-4-13)9-16-12-8-10(18(20)21)7-11(15)17-12/h7-8,19H,3-6,9H2,1-2H3,(H,16,17). The number of nitrogens with one attached hydrogen (secondary N) is 1. The van der Waals surface area contributed by atoms with Crippen molar-refractivity contribution < 1.29 is 10.0 Å². The Bertz CT molecular complexity index is 538. The van der Waals surface area contributed by atoms with Gasteiger partial charge in [-0.2, -0.15) is 0 Å². The number of nitrogens with zero attached hydrogens (tertiary/aromatic N) is 2. The van der Waals surface area contributed by atoms with Crippen molar-refractivity contribution >= 4 is 23.1 Å². The molecule has 1 aromatic rings. The molecule has 116 valence electrons. The van der Waals surface area contributed by atoms with E-state index in [4.69, 9.17) is 11.6 Å². The number of aromatic nitrogens is 1. The molecule has 0 saturated heterocycles. The molecular formula is C14H20ClN3O3. The lowest BCUT2D eigenvalue weighted by Crippen LogP contribution is -2.42. The lowest BCUT2D eigenvalue weighted by Gasteiger charge is -2.40. The summed E-state index contributed by atoms with van der Waals surface area (Å²) in [4.78, 5) is 14.3. The third kappa shape index (κ3) is 4.28. The lowest BCUT2D eigenvalue weighted by atomic mass is 9.71. The van der Waals surface area contributed by atoms with E-state index in [1.165, 1.54) is 12.1 Å². The Labute approximate surface area is 128 Å². The highest BCUT2D eigenvalue weighted by molar-refractivity contribution is 6.29. The largest absolute Gasteiger partial charge is 0.388 e. The number of aliphatic hydroxyl groups is 1. The van der Waals surface area contributed by atoms with Crippen molar-refractivity contribution in [1.82, 2.24) is 4.98 Å². The van der Waals surface area contributed by atoms with Gasteiger partial charge >= 0.3 is 0 Å². The zero-order valence-corrected chi connectivity index (χ0v) is 13.0. The van der Waals surface area contributed by atoms with Crippen LogP contribution in [0, 0.1) is 15.5 Å². The van der Waals surface area contributed by atoms with Gasteiger partial charge in [-0.3, -0.25) is 10.1 Å². The number of anilines is 1. The number of hydrogen-bond acceptors (Lipinski definition) is 5. The molecule has 1 aliphatic rings. The molecule has 0 aromatic carbocycles. The Morgan fingerprint density at radius 3 is 2.57 bits per heavy atom. The molecule has 0 bridgehead atoms. The summed E-state index contributed by atoms with van der Waals surface area (Å²) in [6, 6.07) is 2.52. The van der Waals surface area contributed by atoms with Crippen molar-refractivity contribution in [2.45, 2.75) is 45.1 Å². The summed E-state index contributed by atoms with van der Waals surface area (Å²) < 4.78 is 0. The molecule has 21 heavy (non-hydrogen) atoms. The van der Waals surface area contributed by atoms with Crippen LogP contribution in [0.4, 0.5) is 11.5 Å². The lowest BCUT2D eigenvalue weighted by molar-refractivity contribution is -0.384. The Morgan fingerprint density at radius 2 is 2.00 bits per heavy atom. The quantitative estimate of drug-likeness (QED) is 0.505. The van der Waals surface area contributed by atoms with Crippen LogP contribution in [0.3, 0.4) is 0 Å². The average molecular weight is 314 g/mol. The highest BCUT2D eigenvalue weighted by Crippen LogP contribution is 2.40. The normalized spacial score (nSPS) is 20.0. The van der Waals surface area contributed by atoms with E-state index in [0.29, 0.717) is 25.2 Å². The smallest absolute Gasteiger partial charge is 0.276 e. The second-order valence-electron chi connectivity index (χ2n) is 6.53. The fourth-order valence-electron chi connectivity index (χ4n) is 2.50. The molecule has 1 aromatic heterocycles. The maximum absolute atomic E-state index is 10.8. The molecule has 2 N–H and O–H groups in total. The third-order valence-corrected chi connectivity index (χ3v) is 4.32. The summed E-state index contributed by atoms with van der Waals surface area (Å²) in [6.45, 7) is 4.71. The van der Waals surface area contributed by atoms with Crippen LogP contribution >= 0.6 is 11.6 Å². The van der Waals surface area contributed by atoms with Gasteiger partial charge in [-0.25, -0.2) is 4.98 Å². The number of nitro groups is 1. The Balaban J connectivity index is 2.01. The molecule has 0 amide bonds. The summed E-state index contributed by atoms with van der Waals surface area (Å²) in [5, 5.41) is 24.4. The van der Waals surface area contributed by atoms with Crippen LogP contribution in [0.25, 0.3) is 0 Å². The number of halogens is 1. The average Bonchev–Trinajstić information content (AvgIpc) is 2.40. The molecule has 2 rings (SSSR count). The van der Waals surface area contributed by atoms with Crippen LogP contribution < -0.4 is 5.32 Å². The van der Waals surface area contributed by atoms with Gasteiger partial charge in [0.1, 0.15) is 11.0 Å². The summed E-state index contributed by atoms with van der Waals surface area (Å²) in [5.41, 5.74) is -0.651. The van der Waals surface area contributed by atoms with Gasteiger partial charge in [0.05, 0.1) is 22.7 Å². The van der Waals surface area contributed by atoms with Crippen LogP contribution in [0.2, 0.25) is 5.15 Å². The Hall–Kier alpha value is -1.40. The molecule has 7 heteroatoms. The maximum atomic E-state index is 10.8. The minimum atomic E-state index is -0.797. The monoisotopic (exact) mass is 313 g/mol. The third-order valence-electron chi connectivity index (χ3n) is 4.12. The molecule has 0 spiro atoms. The molecule has 6 nitrogen and oxygen atoms in total. The minimum absolute atomic E-state index is 0.0588. The van der Waals surface area contributed by atoms with E-state index in [1.807, 2.05) is 0 Å². The van der Waals surface area contributed by atoms with E-state index in [0.717, 1.165) is 12.8 Å². The molecule has 0 aliphatic heterocycles. The summed E-state index contributed by atoms with van der Waals surface area (Å²) in [5.74, 6) is 0.312. The van der Waals surface area contributed by atoms with Crippen molar-refractivity contribution in [3.63, 3.8) is 0 Å². The highest BCUT2D eigenvalue weighted by atomic mass is 35.5. The van der Waals surface area contributed by atoms with Gasteiger partial charge in [0.25, 0.3) is 5.69 Å². The minimum Gasteiger partial charge on any atom is -0.388 e. The van der Waals surface area contributed by atoms with Gasteiger partial charge in [-0.15, -0.1) is 0 Å². The number of hydrogen-bond donors (Lipinski definition) is 2. The van der Waals surface area contributed by atoms with Gasteiger partial charge in [-0.1, -0.05) is 25.4 Å². The highest BCUT2D eigenvalue weighted by Gasteiger charge is 2.36. The van der Waals surface area contributed by atoms with Crippen LogP contribution in [0.15, 0.2) is 12.1 Å². The van der Waals surface area contributed by atoms with Crippen LogP contribution in [-0.2, 0) is 0 Å². The first-order valence-corrected chi connectivity index (χ1v) is 7.35. The Kier molecular flexibility index (Phi) is 4.39. The predicted octanol–water partition coefficient (Wildman–Crippen LogP) is 3.39. The van der Waals surface area contributed by atoms with Crippen LogP contribution in [0.5, 0.6) is 0 Å². The van der Waals surface area contributed by atoms with E-state index in [1.54, 1.807) is 0 Å². The number of rotatable bonds is 4. The molecule has 1 aliphatic carbocycles. The van der Waals surface area contributed by atoms with E-state index in [-0.39, 0.29) is 16.3 Å². The molecule has 0 radical (unpaired) electrons. The van der Waals surface area contributed by atoms with Gasteiger partial charge in [0.15, 0.2) is 0 Å². The van der Waals surface area contributed by atoms with Crippen molar-refractivity contribution in [3.8, 4) is 0 Å². The molecule has 0 unspecified atom stereocenters. The van der Waals surface area contributed by atoms with E-state index < -0.39 is 10.5 Å². The van der Waals surface area contributed by atoms with Crippen molar-refractivity contribution in [2.75, 3.05) is 11.9 Å². The van der Waals surface area contributed by atoms with Crippen LogP contribution in [0.1, 0.15) is 39.5 Å². The Morgan fingerprint density at radius 1 is 1.38 bits per heavy atom. The first kappa shape index (κ1) is 16.0. The summed E-state index contributed by atoms with van der Waals surface area (Å²) in [7, 11) is 0. The van der Waals surface area contributed by atoms with E-state index in [2.05, 4.69) is 24.1 Å². The van der Waals surface area contributed by atoms with Gasteiger partial charge in [0.2, 0.25) is 0 Å². The topological polar surface area (TPSA) is 88.3 Å². The summed E-state index contributed by atoms with van der Waals surface area (Å²) in [6.07, 6.45) is 3.31. The predicted molar refractivity (Wildman–Crippen MR) is 81.6 cm³/mol.